The van der Waals surface area contributed by atoms with Gasteiger partial charge in [0.05, 0.1) is 11.4 Å². The monoisotopic (exact) mass is 546 g/mol. The molecule has 1 amide bonds. The number of carbonyl (C=O) groups excluding carboxylic acids is 1. The lowest BCUT2D eigenvalue weighted by Gasteiger charge is -2.25. The summed E-state index contributed by atoms with van der Waals surface area (Å²) in [6.07, 6.45) is 0. The summed E-state index contributed by atoms with van der Waals surface area (Å²) in [6.45, 7) is 2.01. The number of halogens is 2. The van der Waals surface area contributed by atoms with Crippen molar-refractivity contribution in [2.24, 2.45) is 4.99 Å². The van der Waals surface area contributed by atoms with Crippen molar-refractivity contribution in [2.45, 2.75) is 6.92 Å². The highest BCUT2D eigenvalue weighted by Crippen LogP contribution is 2.26. The van der Waals surface area contributed by atoms with E-state index in [0.717, 1.165) is 31.4 Å². The average molecular weight is 548 g/mol. The SMILES string of the molecule is Cc1ccc(C(=O)N(C(=Nc2ccc(Br)cc2)c2ccccc2)c2ccc(Br)cc2)cc1. The third-order valence-electron chi connectivity index (χ3n) is 4.89. The van der Waals surface area contributed by atoms with E-state index < -0.39 is 0 Å². The van der Waals surface area contributed by atoms with Crippen LogP contribution in [0.3, 0.4) is 0 Å². The summed E-state index contributed by atoms with van der Waals surface area (Å²) in [5, 5.41) is 0. The Morgan fingerprint density at radius 1 is 0.688 bits per heavy atom. The van der Waals surface area contributed by atoms with Crippen molar-refractivity contribution in [3.8, 4) is 0 Å². The minimum absolute atomic E-state index is 0.146. The molecule has 0 N–H and O–H groups in total. The molecule has 0 atom stereocenters. The molecule has 0 unspecified atom stereocenters. The van der Waals surface area contributed by atoms with Crippen molar-refractivity contribution < 1.29 is 4.79 Å². The van der Waals surface area contributed by atoms with Crippen molar-refractivity contribution in [3.63, 3.8) is 0 Å². The number of amides is 1. The van der Waals surface area contributed by atoms with E-state index in [0.29, 0.717) is 11.4 Å². The van der Waals surface area contributed by atoms with Crippen molar-refractivity contribution in [1.29, 1.82) is 0 Å². The lowest BCUT2D eigenvalue weighted by Crippen LogP contribution is -2.37. The minimum Gasteiger partial charge on any atom is -0.268 e. The van der Waals surface area contributed by atoms with Crippen LogP contribution in [0.4, 0.5) is 11.4 Å². The van der Waals surface area contributed by atoms with Gasteiger partial charge in [-0.05, 0) is 67.6 Å². The van der Waals surface area contributed by atoms with Gasteiger partial charge in [0.2, 0.25) is 0 Å². The van der Waals surface area contributed by atoms with Crippen molar-refractivity contribution in [1.82, 2.24) is 0 Å². The Morgan fingerprint density at radius 2 is 1.25 bits per heavy atom. The summed E-state index contributed by atoms with van der Waals surface area (Å²) in [5.41, 5.74) is 4.03. The van der Waals surface area contributed by atoms with Gasteiger partial charge in [0.1, 0.15) is 5.84 Å². The molecule has 3 nitrogen and oxygen atoms in total. The molecule has 0 saturated heterocycles. The largest absolute Gasteiger partial charge is 0.268 e. The number of aliphatic imine (C=N–C) groups is 1. The number of rotatable bonds is 4. The zero-order valence-corrected chi connectivity index (χ0v) is 20.5. The van der Waals surface area contributed by atoms with Crippen LogP contribution >= 0.6 is 31.9 Å². The molecule has 0 saturated carbocycles. The third kappa shape index (κ3) is 5.23. The third-order valence-corrected chi connectivity index (χ3v) is 5.95. The van der Waals surface area contributed by atoms with Crippen molar-refractivity contribution >= 4 is 55.0 Å². The van der Waals surface area contributed by atoms with E-state index in [2.05, 4.69) is 31.9 Å². The summed E-state index contributed by atoms with van der Waals surface area (Å²) in [4.78, 5) is 20.4. The number of aryl methyl sites for hydroxylation is 1. The Hall–Kier alpha value is -3.02. The lowest BCUT2D eigenvalue weighted by atomic mass is 10.1. The van der Waals surface area contributed by atoms with E-state index >= 15 is 0 Å². The maximum atomic E-state index is 13.8. The smallest absolute Gasteiger partial charge is 0.264 e. The highest BCUT2D eigenvalue weighted by molar-refractivity contribution is 9.10. The fourth-order valence-electron chi connectivity index (χ4n) is 3.22. The second kappa shape index (κ2) is 10.1. The first-order chi connectivity index (χ1) is 15.5. The van der Waals surface area contributed by atoms with Crippen LogP contribution in [-0.2, 0) is 0 Å². The molecular formula is C27H20Br2N2O. The van der Waals surface area contributed by atoms with Gasteiger partial charge < -0.3 is 0 Å². The molecule has 0 fully saturated rings. The van der Waals surface area contributed by atoms with E-state index in [1.54, 1.807) is 4.90 Å². The van der Waals surface area contributed by atoms with Gasteiger partial charge in [0, 0.05) is 20.1 Å². The van der Waals surface area contributed by atoms with Crippen LogP contribution in [0.2, 0.25) is 0 Å². The molecule has 0 heterocycles. The number of hydrogen-bond donors (Lipinski definition) is 0. The maximum Gasteiger partial charge on any atom is 0.264 e. The van der Waals surface area contributed by atoms with Crippen LogP contribution in [0.1, 0.15) is 21.5 Å². The standard InChI is InChI=1S/C27H20Br2N2O/c1-19-7-9-21(10-8-19)27(32)31(25-17-13-23(29)14-18-25)26(20-5-3-2-4-6-20)30-24-15-11-22(28)12-16-24/h2-18H,1H3. The van der Waals surface area contributed by atoms with Crippen LogP contribution < -0.4 is 4.90 Å². The topological polar surface area (TPSA) is 32.7 Å². The predicted molar refractivity (Wildman–Crippen MR) is 139 cm³/mol. The number of benzene rings is 4. The van der Waals surface area contributed by atoms with Gasteiger partial charge in [0.25, 0.3) is 5.91 Å². The Morgan fingerprint density at radius 3 is 1.84 bits per heavy atom. The van der Waals surface area contributed by atoms with E-state index in [-0.39, 0.29) is 5.91 Å². The summed E-state index contributed by atoms with van der Waals surface area (Å²) in [6, 6.07) is 32.8. The number of carbonyl (C=O) groups is 1. The molecule has 158 valence electrons. The molecule has 0 aliphatic carbocycles. The second-order valence-electron chi connectivity index (χ2n) is 7.26. The summed E-state index contributed by atoms with van der Waals surface area (Å²) in [5.74, 6) is 0.410. The Balaban J connectivity index is 1.91. The molecule has 4 aromatic carbocycles. The van der Waals surface area contributed by atoms with Gasteiger partial charge >= 0.3 is 0 Å². The van der Waals surface area contributed by atoms with E-state index in [9.17, 15) is 4.79 Å². The summed E-state index contributed by atoms with van der Waals surface area (Å²) < 4.78 is 1.91. The molecule has 0 spiro atoms. The molecule has 0 aromatic heterocycles. The molecule has 0 aliphatic heterocycles. The Kier molecular flexibility index (Phi) is 6.98. The quantitative estimate of drug-likeness (QED) is 0.188. The van der Waals surface area contributed by atoms with Crippen molar-refractivity contribution in [3.05, 3.63) is 129 Å². The average Bonchev–Trinajstić information content (AvgIpc) is 2.82. The number of nitrogens with zero attached hydrogens (tertiary/aromatic N) is 2. The molecule has 5 heteroatoms. The van der Waals surface area contributed by atoms with Gasteiger partial charge in [-0.25, -0.2) is 4.99 Å². The highest BCUT2D eigenvalue weighted by atomic mass is 79.9. The lowest BCUT2D eigenvalue weighted by molar-refractivity contribution is 0.100. The Bertz CT molecular complexity index is 1230. The van der Waals surface area contributed by atoms with Crippen LogP contribution in [0.5, 0.6) is 0 Å². The van der Waals surface area contributed by atoms with Crippen LogP contribution in [0.15, 0.2) is 117 Å². The van der Waals surface area contributed by atoms with Gasteiger partial charge in [-0.1, -0.05) is 79.9 Å². The fraction of sp³-hybridized carbons (Fsp3) is 0.0370. The molecule has 0 radical (unpaired) electrons. The molecule has 0 aliphatic rings. The summed E-state index contributed by atoms with van der Waals surface area (Å²) >= 11 is 6.96. The van der Waals surface area contributed by atoms with Crippen LogP contribution in [0, 0.1) is 6.92 Å². The predicted octanol–water partition coefficient (Wildman–Crippen LogP) is 7.95. The van der Waals surface area contributed by atoms with Gasteiger partial charge in [-0.2, -0.15) is 0 Å². The first kappa shape index (κ1) is 22.2. The first-order valence-electron chi connectivity index (χ1n) is 10.1. The van der Waals surface area contributed by atoms with E-state index in [4.69, 9.17) is 4.99 Å². The number of hydrogen-bond acceptors (Lipinski definition) is 2. The molecule has 0 bridgehead atoms. The van der Waals surface area contributed by atoms with E-state index in [1.165, 1.54) is 0 Å². The molecule has 4 rings (SSSR count). The van der Waals surface area contributed by atoms with Gasteiger partial charge in [-0.15, -0.1) is 0 Å². The van der Waals surface area contributed by atoms with Gasteiger partial charge in [0.15, 0.2) is 0 Å². The Labute approximate surface area is 204 Å². The minimum atomic E-state index is -0.146. The second-order valence-corrected chi connectivity index (χ2v) is 9.09. The van der Waals surface area contributed by atoms with Crippen LogP contribution in [0.25, 0.3) is 0 Å². The van der Waals surface area contributed by atoms with E-state index in [1.807, 2.05) is 110 Å². The fourth-order valence-corrected chi connectivity index (χ4v) is 3.75. The van der Waals surface area contributed by atoms with Crippen LogP contribution in [-0.4, -0.2) is 11.7 Å². The number of anilines is 1. The zero-order valence-electron chi connectivity index (χ0n) is 17.4. The number of amidine groups is 1. The maximum absolute atomic E-state index is 13.8. The molecular weight excluding hydrogens is 528 g/mol. The van der Waals surface area contributed by atoms with Crippen molar-refractivity contribution in [2.75, 3.05) is 4.90 Å². The summed E-state index contributed by atoms with van der Waals surface area (Å²) in [7, 11) is 0. The molecule has 4 aromatic rings. The highest BCUT2D eigenvalue weighted by Gasteiger charge is 2.24. The first-order valence-corrected chi connectivity index (χ1v) is 11.7. The van der Waals surface area contributed by atoms with Gasteiger partial charge in [-0.3, -0.25) is 9.69 Å². The normalized spacial score (nSPS) is 11.3. The molecule has 32 heavy (non-hydrogen) atoms. The zero-order chi connectivity index (χ0) is 22.5.